The number of aromatic nitrogens is 3. The van der Waals surface area contributed by atoms with E-state index in [0.717, 1.165) is 23.7 Å². The van der Waals surface area contributed by atoms with E-state index >= 15 is 0 Å². The van der Waals surface area contributed by atoms with E-state index in [1.165, 1.54) is 49.4 Å². The summed E-state index contributed by atoms with van der Waals surface area (Å²) in [5.41, 5.74) is 2.23. The third-order valence-electron chi connectivity index (χ3n) is 4.63. The zero-order valence-corrected chi connectivity index (χ0v) is 15.6. The molecule has 134 valence electrons. The fourth-order valence-electron chi connectivity index (χ4n) is 3.21. The summed E-state index contributed by atoms with van der Waals surface area (Å²) in [4.78, 5) is 12.3. The van der Waals surface area contributed by atoms with Crippen LogP contribution in [0.3, 0.4) is 0 Å². The topological polar surface area (TPSA) is 59.8 Å². The minimum absolute atomic E-state index is 0.0917. The molecule has 0 unspecified atom stereocenters. The van der Waals surface area contributed by atoms with Crippen molar-refractivity contribution < 1.29 is 4.79 Å². The maximum Gasteiger partial charge on any atom is 0.230 e. The van der Waals surface area contributed by atoms with Gasteiger partial charge in [0.2, 0.25) is 5.91 Å². The molecule has 6 heteroatoms. The number of hydrogen-bond donors (Lipinski definition) is 1. The molecule has 0 atom stereocenters. The summed E-state index contributed by atoms with van der Waals surface area (Å²) in [6, 6.07) is 8.54. The Morgan fingerprint density at radius 1 is 1.16 bits per heavy atom. The van der Waals surface area contributed by atoms with Gasteiger partial charge in [0.15, 0.2) is 5.16 Å². The number of hydrogen-bond acceptors (Lipinski definition) is 4. The Bertz CT molecular complexity index is 675. The first-order chi connectivity index (χ1) is 12.2. The number of amides is 1. The molecule has 1 heterocycles. The molecule has 1 fully saturated rings. The zero-order valence-electron chi connectivity index (χ0n) is 14.8. The molecule has 0 bridgehead atoms. The number of rotatable bonds is 5. The normalized spacial score (nSPS) is 16.2. The van der Waals surface area contributed by atoms with Gasteiger partial charge in [0.1, 0.15) is 6.33 Å². The van der Waals surface area contributed by atoms with Crippen LogP contribution >= 0.6 is 11.8 Å². The SMILES string of the molecule is Cc1ccc(-n2cnnc2SCC(=O)NC2CCCCCCC2)cc1. The van der Waals surface area contributed by atoms with Gasteiger partial charge in [0.05, 0.1) is 5.75 Å². The van der Waals surface area contributed by atoms with Crippen LogP contribution in [0.15, 0.2) is 35.7 Å². The summed E-state index contributed by atoms with van der Waals surface area (Å²) in [6.07, 6.45) is 10.3. The van der Waals surface area contributed by atoms with Crippen LogP contribution in [0.2, 0.25) is 0 Å². The standard InChI is InChI=1S/C19H26N4OS/c1-15-9-11-17(12-10-15)23-14-20-22-19(23)25-13-18(24)21-16-7-5-3-2-4-6-8-16/h9-12,14,16H,2-8,13H2,1H3,(H,21,24). The second-order valence-electron chi connectivity index (χ2n) is 6.72. The molecule has 2 aromatic rings. The largest absolute Gasteiger partial charge is 0.353 e. The molecular formula is C19H26N4OS. The third-order valence-corrected chi connectivity index (χ3v) is 5.57. The van der Waals surface area contributed by atoms with Gasteiger partial charge < -0.3 is 5.32 Å². The molecule has 5 nitrogen and oxygen atoms in total. The van der Waals surface area contributed by atoms with Crippen LogP contribution in [0.5, 0.6) is 0 Å². The summed E-state index contributed by atoms with van der Waals surface area (Å²) in [5, 5.41) is 12.1. The van der Waals surface area contributed by atoms with Crippen LogP contribution in [0.25, 0.3) is 5.69 Å². The monoisotopic (exact) mass is 358 g/mol. The lowest BCUT2D eigenvalue weighted by molar-refractivity contribution is -0.119. The number of nitrogens with zero attached hydrogens (tertiary/aromatic N) is 3. The van der Waals surface area contributed by atoms with Gasteiger partial charge in [-0.3, -0.25) is 9.36 Å². The van der Waals surface area contributed by atoms with Crippen molar-refractivity contribution in [1.29, 1.82) is 0 Å². The molecule has 1 amide bonds. The Morgan fingerprint density at radius 2 is 1.84 bits per heavy atom. The minimum Gasteiger partial charge on any atom is -0.353 e. The predicted molar refractivity (Wildman–Crippen MR) is 101 cm³/mol. The Kier molecular flexibility index (Phi) is 6.50. The summed E-state index contributed by atoms with van der Waals surface area (Å²) in [6.45, 7) is 2.06. The molecule has 0 spiro atoms. The molecule has 1 aromatic heterocycles. The van der Waals surface area contributed by atoms with Crippen molar-refractivity contribution in [3.05, 3.63) is 36.2 Å². The molecule has 0 radical (unpaired) electrons. The fourth-order valence-corrected chi connectivity index (χ4v) is 3.95. The molecule has 1 aromatic carbocycles. The van der Waals surface area contributed by atoms with Gasteiger partial charge in [0.25, 0.3) is 0 Å². The number of aryl methyl sites for hydroxylation is 1. The second kappa shape index (κ2) is 9.04. The van der Waals surface area contributed by atoms with Crippen molar-refractivity contribution in [3.8, 4) is 5.69 Å². The van der Waals surface area contributed by atoms with Crippen molar-refractivity contribution in [2.24, 2.45) is 0 Å². The second-order valence-corrected chi connectivity index (χ2v) is 7.66. The molecule has 1 saturated carbocycles. The molecule has 1 aliphatic carbocycles. The first-order valence-corrected chi connectivity index (χ1v) is 10.1. The Morgan fingerprint density at radius 3 is 2.56 bits per heavy atom. The van der Waals surface area contributed by atoms with E-state index < -0.39 is 0 Å². The summed E-state index contributed by atoms with van der Waals surface area (Å²) in [5.74, 6) is 0.468. The molecule has 3 rings (SSSR count). The van der Waals surface area contributed by atoms with E-state index in [9.17, 15) is 4.79 Å². The molecule has 0 aliphatic heterocycles. The van der Waals surface area contributed by atoms with E-state index in [4.69, 9.17) is 0 Å². The quantitative estimate of drug-likeness (QED) is 0.824. The number of benzene rings is 1. The van der Waals surface area contributed by atoms with Gasteiger partial charge in [0, 0.05) is 11.7 Å². The van der Waals surface area contributed by atoms with Crippen molar-refractivity contribution in [3.63, 3.8) is 0 Å². The van der Waals surface area contributed by atoms with Crippen LogP contribution < -0.4 is 5.32 Å². The maximum absolute atomic E-state index is 12.3. The van der Waals surface area contributed by atoms with E-state index in [1.54, 1.807) is 6.33 Å². The highest BCUT2D eigenvalue weighted by molar-refractivity contribution is 7.99. The minimum atomic E-state index is 0.0917. The molecule has 0 saturated heterocycles. The van der Waals surface area contributed by atoms with Crippen LogP contribution in [-0.4, -0.2) is 32.5 Å². The number of nitrogens with one attached hydrogen (secondary N) is 1. The van der Waals surface area contributed by atoms with Gasteiger partial charge >= 0.3 is 0 Å². The van der Waals surface area contributed by atoms with E-state index in [2.05, 4.69) is 34.6 Å². The number of carbonyl (C=O) groups excluding carboxylic acids is 1. The van der Waals surface area contributed by atoms with Gasteiger partial charge in [-0.15, -0.1) is 10.2 Å². The summed E-state index contributed by atoms with van der Waals surface area (Å²) < 4.78 is 1.92. The zero-order chi connectivity index (χ0) is 17.5. The van der Waals surface area contributed by atoms with Crippen molar-refractivity contribution in [1.82, 2.24) is 20.1 Å². The Balaban J connectivity index is 1.54. The lowest BCUT2D eigenvalue weighted by Crippen LogP contribution is -2.36. The highest BCUT2D eigenvalue weighted by Gasteiger charge is 2.15. The highest BCUT2D eigenvalue weighted by Crippen LogP contribution is 2.21. The van der Waals surface area contributed by atoms with Crippen LogP contribution in [-0.2, 0) is 4.79 Å². The average molecular weight is 359 g/mol. The number of carbonyl (C=O) groups is 1. The lowest BCUT2D eigenvalue weighted by Gasteiger charge is -2.20. The predicted octanol–water partition coefficient (Wildman–Crippen LogP) is 3.90. The molecule has 1 N–H and O–H groups in total. The van der Waals surface area contributed by atoms with Crippen molar-refractivity contribution in [2.75, 3.05) is 5.75 Å². The van der Waals surface area contributed by atoms with Crippen LogP contribution in [0, 0.1) is 6.92 Å². The highest BCUT2D eigenvalue weighted by atomic mass is 32.2. The Hall–Kier alpha value is -1.82. The van der Waals surface area contributed by atoms with E-state index in [0.29, 0.717) is 11.8 Å². The van der Waals surface area contributed by atoms with E-state index in [1.807, 2.05) is 16.7 Å². The maximum atomic E-state index is 12.3. The van der Waals surface area contributed by atoms with Gasteiger partial charge in [-0.2, -0.15) is 0 Å². The van der Waals surface area contributed by atoms with Crippen LogP contribution in [0.1, 0.15) is 50.5 Å². The molecule has 25 heavy (non-hydrogen) atoms. The first-order valence-electron chi connectivity index (χ1n) is 9.11. The van der Waals surface area contributed by atoms with Crippen molar-refractivity contribution >= 4 is 17.7 Å². The molecule has 1 aliphatic rings. The van der Waals surface area contributed by atoms with Crippen LogP contribution in [0.4, 0.5) is 0 Å². The first kappa shape index (κ1) is 18.0. The summed E-state index contributed by atoms with van der Waals surface area (Å²) in [7, 11) is 0. The van der Waals surface area contributed by atoms with Gasteiger partial charge in [-0.25, -0.2) is 0 Å². The van der Waals surface area contributed by atoms with Crippen molar-refractivity contribution in [2.45, 2.75) is 63.1 Å². The fraction of sp³-hybridized carbons (Fsp3) is 0.526. The number of thioether (sulfide) groups is 1. The van der Waals surface area contributed by atoms with E-state index in [-0.39, 0.29) is 5.91 Å². The third kappa shape index (κ3) is 5.33. The lowest BCUT2D eigenvalue weighted by atomic mass is 9.97. The smallest absolute Gasteiger partial charge is 0.230 e. The van der Waals surface area contributed by atoms with Gasteiger partial charge in [-0.05, 0) is 31.9 Å². The Labute approximate surface area is 153 Å². The molecular weight excluding hydrogens is 332 g/mol. The van der Waals surface area contributed by atoms with Gasteiger partial charge in [-0.1, -0.05) is 61.6 Å². The summed E-state index contributed by atoms with van der Waals surface area (Å²) >= 11 is 1.44. The average Bonchev–Trinajstić information content (AvgIpc) is 3.04.